The second kappa shape index (κ2) is 11.8. The minimum absolute atomic E-state index is 0.00482. The number of hydrogen-bond donors (Lipinski definition) is 4. The molecule has 0 aromatic heterocycles. The van der Waals surface area contributed by atoms with Gasteiger partial charge in [-0.05, 0) is 49.9 Å². The third-order valence-electron chi connectivity index (χ3n) is 5.68. The molecule has 2 aromatic carbocycles. The largest absolute Gasteiger partial charge is 0.481 e. The summed E-state index contributed by atoms with van der Waals surface area (Å²) >= 11 is 0. The molecule has 0 saturated heterocycles. The van der Waals surface area contributed by atoms with Gasteiger partial charge in [0.2, 0.25) is 5.91 Å². The second-order valence-electron chi connectivity index (χ2n) is 9.91. The van der Waals surface area contributed by atoms with Gasteiger partial charge in [-0.25, -0.2) is 9.59 Å². The molecule has 0 spiro atoms. The molecule has 0 aliphatic heterocycles. The van der Waals surface area contributed by atoms with Crippen molar-refractivity contribution in [3.8, 4) is 11.1 Å². The maximum absolute atomic E-state index is 12.5. The molecule has 0 heterocycles. The predicted molar refractivity (Wildman–Crippen MR) is 136 cm³/mol. The first-order chi connectivity index (χ1) is 17.4. The normalized spacial score (nSPS) is 13.9. The van der Waals surface area contributed by atoms with E-state index in [1.54, 1.807) is 27.7 Å². The van der Waals surface area contributed by atoms with Crippen molar-refractivity contribution in [3.05, 3.63) is 59.7 Å². The quantitative estimate of drug-likeness (QED) is 0.404. The van der Waals surface area contributed by atoms with Crippen molar-refractivity contribution in [2.75, 3.05) is 13.2 Å². The van der Waals surface area contributed by atoms with Gasteiger partial charge in [0.1, 0.15) is 18.2 Å². The zero-order valence-corrected chi connectivity index (χ0v) is 21.4. The van der Waals surface area contributed by atoms with Crippen LogP contribution in [0.5, 0.6) is 0 Å². The maximum atomic E-state index is 12.5. The van der Waals surface area contributed by atoms with E-state index in [1.165, 1.54) is 0 Å². The molecule has 1 aliphatic carbocycles. The van der Waals surface area contributed by atoms with Crippen LogP contribution in [0.2, 0.25) is 0 Å². The van der Waals surface area contributed by atoms with E-state index in [2.05, 4.69) is 16.0 Å². The summed E-state index contributed by atoms with van der Waals surface area (Å²) in [4.78, 5) is 48.1. The molecular weight excluding hydrogens is 478 g/mol. The Labute approximate surface area is 215 Å². The summed E-state index contributed by atoms with van der Waals surface area (Å²) in [6.07, 6.45) is -2.17. The van der Waals surface area contributed by atoms with Crippen molar-refractivity contribution in [1.29, 1.82) is 0 Å². The van der Waals surface area contributed by atoms with Gasteiger partial charge in [0, 0.05) is 18.5 Å². The molecule has 37 heavy (non-hydrogen) atoms. The average molecular weight is 512 g/mol. The van der Waals surface area contributed by atoms with Gasteiger partial charge in [0.05, 0.1) is 6.42 Å². The minimum Gasteiger partial charge on any atom is -0.481 e. The molecule has 2 atom stereocenters. The van der Waals surface area contributed by atoms with Gasteiger partial charge in [-0.15, -0.1) is 0 Å². The SMILES string of the molecule is C[C@@H](CNC(=O)[C@@H](CC(=O)O)NC(=O)OC(C)(C)C)NC(=O)OCC1c2ccccc2-c2ccccc21. The highest BCUT2D eigenvalue weighted by Crippen LogP contribution is 2.44. The molecule has 0 radical (unpaired) electrons. The summed E-state index contributed by atoms with van der Waals surface area (Å²) in [7, 11) is 0. The number of alkyl carbamates (subject to hydrolysis) is 2. The number of hydrogen-bond acceptors (Lipinski definition) is 6. The molecular formula is C27H33N3O7. The maximum Gasteiger partial charge on any atom is 0.408 e. The average Bonchev–Trinajstić information content (AvgIpc) is 3.13. The van der Waals surface area contributed by atoms with Crippen LogP contribution >= 0.6 is 0 Å². The standard InChI is InChI=1S/C27H33N3O7/c1-16(14-28-24(33)22(13-23(31)32)30-26(35)37-27(2,3)4)29-25(34)36-15-21-19-11-7-5-9-17(19)18-10-6-8-12-20(18)21/h5-12,16,21-22H,13-15H2,1-4H3,(H,28,33)(H,29,34)(H,30,35)(H,31,32)/t16-,22+/m0/s1. The van der Waals surface area contributed by atoms with Crippen LogP contribution < -0.4 is 16.0 Å². The Hall–Kier alpha value is -4.08. The lowest BCUT2D eigenvalue weighted by molar-refractivity contribution is -0.139. The van der Waals surface area contributed by atoms with E-state index in [4.69, 9.17) is 14.6 Å². The summed E-state index contributed by atoms with van der Waals surface area (Å²) in [5, 5.41) is 16.6. The van der Waals surface area contributed by atoms with Crippen LogP contribution in [0.25, 0.3) is 11.1 Å². The van der Waals surface area contributed by atoms with E-state index in [0.29, 0.717) is 0 Å². The van der Waals surface area contributed by atoms with Gasteiger partial charge in [-0.2, -0.15) is 0 Å². The monoisotopic (exact) mass is 511 g/mol. The fraction of sp³-hybridized carbons (Fsp3) is 0.407. The van der Waals surface area contributed by atoms with Crippen molar-refractivity contribution in [2.24, 2.45) is 0 Å². The Bertz CT molecular complexity index is 1110. The molecule has 2 aromatic rings. The highest BCUT2D eigenvalue weighted by Gasteiger charge is 2.30. The Morgan fingerprint density at radius 1 is 0.919 bits per heavy atom. The van der Waals surface area contributed by atoms with Crippen molar-refractivity contribution < 1.29 is 33.8 Å². The molecule has 3 rings (SSSR count). The summed E-state index contributed by atoms with van der Waals surface area (Å²) in [5.41, 5.74) is 3.63. The molecule has 0 unspecified atom stereocenters. The van der Waals surface area contributed by atoms with Gasteiger partial charge < -0.3 is 30.5 Å². The zero-order chi connectivity index (χ0) is 27.2. The van der Waals surface area contributed by atoms with Gasteiger partial charge in [0.15, 0.2) is 0 Å². The first-order valence-corrected chi connectivity index (χ1v) is 12.0. The Balaban J connectivity index is 1.50. The van der Waals surface area contributed by atoms with Crippen LogP contribution in [0.1, 0.15) is 51.2 Å². The van der Waals surface area contributed by atoms with Gasteiger partial charge in [-0.3, -0.25) is 9.59 Å². The van der Waals surface area contributed by atoms with E-state index in [0.717, 1.165) is 22.3 Å². The zero-order valence-electron chi connectivity index (χ0n) is 21.4. The number of rotatable bonds is 9. The van der Waals surface area contributed by atoms with Crippen LogP contribution in [0, 0.1) is 0 Å². The third-order valence-corrected chi connectivity index (χ3v) is 5.68. The number of carboxylic acid groups (broad SMARTS) is 1. The molecule has 0 saturated carbocycles. The smallest absolute Gasteiger partial charge is 0.408 e. The number of benzene rings is 2. The van der Waals surface area contributed by atoms with E-state index in [-0.39, 0.29) is 19.1 Å². The number of amides is 3. The lowest BCUT2D eigenvalue weighted by atomic mass is 9.98. The summed E-state index contributed by atoms with van der Waals surface area (Å²) in [6.45, 7) is 6.75. The van der Waals surface area contributed by atoms with Crippen molar-refractivity contribution >= 4 is 24.1 Å². The second-order valence-corrected chi connectivity index (χ2v) is 9.91. The lowest BCUT2D eigenvalue weighted by Crippen LogP contribution is -2.51. The van der Waals surface area contributed by atoms with E-state index >= 15 is 0 Å². The number of ether oxygens (including phenoxy) is 2. The fourth-order valence-corrected chi connectivity index (χ4v) is 4.10. The Kier molecular flexibility index (Phi) is 8.75. The van der Waals surface area contributed by atoms with Crippen LogP contribution in [0.15, 0.2) is 48.5 Å². The van der Waals surface area contributed by atoms with Gasteiger partial charge >= 0.3 is 18.2 Å². The summed E-state index contributed by atoms with van der Waals surface area (Å²) < 4.78 is 10.6. The Morgan fingerprint density at radius 2 is 1.49 bits per heavy atom. The van der Waals surface area contributed by atoms with E-state index in [1.807, 2.05) is 48.5 Å². The van der Waals surface area contributed by atoms with Crippen molar-refractivity contribution in [3.63, 3.8) is 0 Å². The number of carbonyl (C=O) groups is 4. The highest BCUT2D eigenvalue weighted by atomic mass is 16.6. The Morgan fingerprint density at radius 3 is 2.03 bits per heavy atom. The van der Waals surface area contributed by atoms with E-state index in [9.17, 15) is 19.2 Å². The minimum atomic E-state index is -1.34. The number of nitrogens with one attached hydrogen (secondary N) is 3. The summed E-state index contributed by atoms with van der Waals surface area (Å²) in [6, 6.07) is 14.2. The molecule has 0 fully saturated rings. The molecule has 10 heteroatoms. The molecule has 198 valence electrons. The van der Waals surface area contributed by atoms with Gasteiger partial charge in [0.25, 0.3) is 0 Å². The molecule has 10 nitrogen and oxygen atoms in total. The first kappa shape index (κ1) is 27.5. The highest BCUT2D eigenvalue weighted by molar-refractivity contribution is 5.89. The van der Waals surface area contributed by atoms with E-state index < -0.39 is 48.2 Å². The number of fused-ring (bicyclic) bond motifs is 3. The first-order valence-electron chi connectivity index (χ1n) is 12.0. The van der Waals surface area contributed by atoms with Crippen LogP contribution in [-0.2, 0) is 19.1 Å². The molecule has 0 bridgehead atoms. The molecule has 1 aliphatic rings. The molecule has 3 amide bonds. The topological polar surface area (TPSA) is 143 Å². The van der Waals surface area contributed by atoms with Crippen LogP contribution in [0.3, 0.4) is 0 Å². The fourth-order valence-electron chi connectivity index (χ4n) is 4.10. The van der Waals surface area contributed by atoms with Crippen LogP contribution in [-0.4, -0.2) is 60.0 Å². The number of aliphatic carboxylic acids is 1. The van der Waals surface area contributed by atoms with Gasteiger partial charge in [-0.1, -0.05) is 48.5 Å². The summed E-state index contributed by atoms with van der Waals surface area (Å²) in [5.74, 6) is -2.06. The number of carboxylic acids is 1. The van der Waals surface area contributed by atoms with Crippen LogP contribution in [0.4, 0.5) is 9.59 Å². The lowest BCUT2D eigenvalue weighted by Gasteiger charge is -2.23. The number of carbonyl (C=O) groups excluding carboxylic acids is 3. The van der Waals surface area contributed by atoms with Crippen molar-refractivity contribution in [1.82, 2.24) is 16.0 Å². The third kappa shape index (κ3) is 7.70. The van der Waals surface area contributed by atoms with Crippen molar-refractivity contribution in [2.45, 2.75) is 57.7 Å². The predicted octanol–water partition coefficient (Wildman–Crippen LogP) is 3.40. The molecule has 4 N–H and O–H groups in total.